The van der Waals surface area contributed by atoms with E-state index < -0.39 is 0 Å². The fourth-order valence-corrected chi connectivity index (χ4v) is 2.26. The highest BCUT2D eigenvalue weighted by Crippen LogP contribution is 2.35. The number of benzene rings is 2. The van der Waals surface area contributed by atoms with Crippen molar-refractivity contribution in [1.82, 2.24) is 0 Å². The van der Waals surface area contributed by atoms with Gasteiger partial charge >= 0.3 is 0 Å². The van der Waals surface area contributed by atoms with Crippen molar-refractivity contribution in [1.29, 1.82) is 0 Å². The third-order valence-electron chi connectivity index (χ3n) is 3.84. The normalized spacial score (nSPS) is 9.24. The van der Waals surface area contributed by atoms with Gasteiger partial charge in [-0.05, 0) is 48.2 Å². The number of hydrogen-bond acceptors (Lipinski definition) is 2. The Morgan fingerprint density at radius 2 is 0.862 bits per heavy atom. The van der Waals surface area contributed by atoms with Crippen molar-refractivity contribution in [2.75, 3.05) is 0 Å². The van der Waals surface area contributed by atoms with Crippen LogP contribution in [0, 0.1) is 13.8 Å². The first-order valence-electron chi connectivity index (χ1n) is 11.3. The molecule has 2 aromatic carbocycles. The molecule has 0 aliphatic rings. The zero-order chi connectivity index (χ0) is 23.6. The van der Waals surface area contributed by atoms with Crippen molar-refractivity contribution < 1.29 is 10.2 Å². The summed E-state index contributed by atoms with van der Waals surface area (Å²) >= 11 is 0. The maximum Gasteiger partial charge on any atom is 0.118 e. The van der Waals surface area contributed by atoms with Crippen LogP contribution >= 0.6 is 0 Å². The van der Waals surface area contributed by atoms with Gasteiger partial charge < -0.3 is 10.2 Å². The van der Waals surface area contributed by atoms with E-state index in [2.05, 4.69) is 41.5 Å². The van der Waals surface area contributed by atoms with Crippen LogP contribution < -0.4 is 0 Å². The van der Waals surface area contributed by atoms with E-state index >= 15 is 0 Å². The lowest BCUT2D eigenvalue weighted by molar-refractivity contribution is 0.469. The minimum atomic E-state index is -0.170. The molecule has 29 heavy (non-hydrogen) atoms. The summed E-state index contributed by atoms with van der Waals surface area (Å²) in [5, 5.41) is 19.3. The molecular formula is C27H48O2. The molecule has 0 atom stereocenters. The lowest BCUT2D eigenvalue weighted by atomic mass is 9.77. The average molecular weight is 405 g/mol. The molecule has 0 spiro atoms. The molecule has 168 valence electrons. The van der Waals surface area contributed by atoms with E-state index in [0.29, 0.717) is 11.5 Å². The Balaban J connectivity index is -0.000000579. The van der Waals surface area contributed by atoms with Crippen LogP contribution in [0.2, 0.25) is 0 Å². The molecule has 0 aliphatic carbocycles. The molecule has 2 rings (SSSR count). The highest BCUT2D eigenvalue weighted by Gasteiger charge is 2.24. The first kappa shape index (κ1) is 31.7. The predicted octanol–water partition coefficient (Wildman–Crippen LogP) is 8.93. The van der Waals surface area contributed by atoms with Crippen LogP contribution in [0.3, 0.4) is 0 Å². The van der Waals surface area contributed by atoms with Gasteiger partial charge in [0, 0.05) is 5.41 Å². The molecule has 0 saturated carbocycles. The van der Waals surface area contributed by atoms with Gasteiger partial charge in [0.15, 0.2) is 0 Å². The topological polar surface area (TPSA) is 40.5 Å². The second-order valence-corrected chi connectivity index (χ2v) is 7.04. The number of hydrogen-bond donors (Lipinski definition) is 2. The summed E-state index contributed by atoms with van der Waals surface area (Å²) in [7, 11) is 0. The van der Waals surface area contributed by atoms with Gasteiger partial charge in [-0.25, -0.2) is 0 Å². The lowest BCUT2D eigenvalue weighted by Gasteiger charge is -2.27. The molecule has 0 radical (unpaired) electrons. The van der Waals surface area contributed by atoms with E-state index in [-0.39, 0.29) is 5.41 Å². The van der Waals surface area contributed by atoms with Crippen molar-refractivity contribution in [3.63, 3.8) is 0 Å². The molecule has 0 bridgehead atoms. The third-order valence-corrected chi connectivity index (χ3v) is 3.84. The van der Waals surface area contributed by atoms with Gasteiger partial charge in [-0.3, -0.25) is 0 Å². The van der Waals surface area contributed by atoms with E-state index in [1.807, 2.05) is 65.8 Å². The third kappa shape index (κ3) is 11.6. The van der Waals surface area contributed by atoms with Crippen LogP contribution in [0.5, 0.6) is 11.5 Å². The number of phenolic OH excluding ortho intramolecular Hbond substituents is 2. The summed E-state index contributed by atoms with van der Waals surface area (Å²) in [5.41, 5.74) is 3.87. The second kappa shape index (κ2) is 18.1. The monoisotopic (exact) mass is 404 g/mol. The lowest BCUT2D eigenvalue weighted by Crippen LogP contribution is -2.19. The summed E-state index contributed by atoms with van der Waals surface area (Å²) in [6.45, 7) is 24.6. The van der Waals surface area contributed by atoms with E-state index in [0.717, 1.165) is 22.3 Å². The summed E-state index contributed by atoms with van der Waals surface area (Å²) in [6, 6.07) is 11.4. The van der Waals surface area contributed by atoms with Crippen LogP contribution in [0.25, 0.3) is 0 Å². The van der Waals surface area contributed by atoms with Crippen LogP contribution in [0.1, 0.15) is 104 Å². The molecule has 2 aromatic rings. The van der Waals surface area contributed by atoms with E-state index in [1.165, 1.54) is 12.8 Å². The average Bonchev–Trinajstić information content (AvgIpc) is 2.70. The van der Waals surface area contributed by atoms with Crippen LogP contribution in [-0.2, 0) is 5.41 Å². The highest BCUT2D eigenvalue weighted by molar-refractivity contribution is 5.46. The Labute approximate surface area is 182 Å². The van der Waals surface area contributed by atoms with Crippen LogP contribution in [0.15, 0.2) is 36.4 Å². The Kier molecular flexibility index (Phi) is 19.8. The quantitative estimate of drug-likeness (QED) is 0.524. The van der Waals surface area contributed by atoms with Crippen LogP contribution in [0.4, 0.5) is 0 Å². The van der Waals surface area contributed by atoms with Gasteiger partial charge in [0.2, 0.25) is 0 Å². The van der Waals surface area contributed by atoms with Gasteiger partial charge in [0.1, 0.15) is 11.5 Å². The highest BCUT2D eigenvalue weighted by atomic mass is 16.3. The minimum Gasteiger partial charge on any atom is -0.508 e. The SMILES string of the molecule is CC.CC.CCC.CCC.Cc1cc(C(C)(C)c2ccc(O)c(C)c2)ccc1O. The van der Waals surface area contributed by atoms with Gasteiger partial charge in [-0.2, -0.15) is 0 Å². The summed E-state index contributed by atoms with van der Waals surface area (Å²) in [6.07, 6.45) is 2.50. The first-order valence-corrected chi connectivity index (χ1v) is 11.3. The van der Waals surface area contributed by atoms with E-state index in [4.69, 9.17) is 0 Å². The van der Waals surface area contributed by atoms with Gasteiger partial charge in [-0.1, -0.05) is 106 Å². The number of aromatic hydroxyl groups is 2. The van der Waals surface area contributed by atoms with Crippen molar-refractivity contribution in [2.24, 2.45) is 0 Å². The maximum atomic E-state index is 9.63. The van der Waals surface area contributed by atoms with Crippen molar-refractivity contribution in [2.45, 2.75) is 101 Å². The van der Waals surface area contributed by atoms with Crippen molar-refractivity contribution in [3.8, 4) is 11.5 Å². The second-order valence-electron chi connectivity index (χ2n) is 7.04. The fourth-order valence-electron chi connectivity index (χ4n) is 2.26. The molecule has 0 saturated heterocycles. The predicted molar refractivity (Wildman–Crippen MR) is 132 cm³/mol. The molecule has 0 unspecified atom stereocenters. The Morgan fingerprint density at radius 1 is 0.621 bits per heavy atom. The first-order chi connectivity index (χ1) is 13.6. The molecule has 2 nitrogen and oxygen atoms in total. The fraction of sp³-hybridized carbons (Fsp3) is 0.556. The molecule has 2 heteroatoms. The van der Waals surface area contributed by atoms with Crippen molar-refractivity contribution in [3.05, 3.63) is 58.7 Å². The number of rotatable bonds is 2. The van der Waals surface area contributed by atoms with Gasteiger partial charge in [-0.15, -0.1) is 0 Å². The zero-order valence-electron chi connectivity index (χ0n) is 21.3. The van der Waals surface area contributed by atoms with Crippen LogP contribution in [-0.4, -0.2) is 10.2 Å². The largest absolute Gasteiger partial charge is 0.508 e. The standard InChI is InChI=1S/C17H20O2.2C3H8.2C2H6/c1-11-9-13(5-7-15(11)18)17(3,4)14-6-8-16(19)12(2)10-14;2*1-3-2;2*1-2/h5-10,18-19H,1-4H3;2*3H2,1-2H3;2*1-2H3. The van der Waals surface area contributed by atoms with Gasteiger partial charge in [0.25, 0.3) is 0 Å². The maximum absolute atomic E-state index is 9.63. The summed E-state index contributed by atoms with van der Waals surface area (Å²) in [5.74, 6) is 0.642. The Bertz CT molecular complexity index is 587. The molecule has 0 heterocycles. The molecule has 2 N–H and O–H groups in total. The Morgan fingerprint density at radius 3 is 1.07 bits per heavy atom. The molecule has 0 aromatic heterocycles. The van der Waals surface area contributed by atoms with E-state index in [9.17, 15) is 10.2 Å². The molecule has 0 fully saturated rings. The smallest absolute Gasteiger partial charge is 0.118 e. The zero-order valence-corrected chi connectivity index (χ0v) is 21.3. The molecular weight excluding hydrogens is 356 g/mol. The van der Waals surface area contributed by atoms with E-state index in [1.54, 1.807) is 12.1 Å². The summed E-state index contributed by atoms with van der Waals surface area (Å²) < 4.78 is 0. The van der Waals surface area contributed by atoms with Crippen molar-refractivity contribution >= 4 is 0 Å². The number of aryl methyl sites for hydroxylation is 2. The summed E-state index contributed by atoms with van der Waals surface area (Å²) in [4.78, 5) is 0. The van der Waals surface area contributed by atoms with Gasteiger partial charge in [0.05, 0.1) is 0 Å². The molecule has 0 amide bonds. The minimum absolute atomic E-state index is 0.170. The molecule has 0 aliphatic heterocycles. The number of phenols is 2. The Hall–Kier alpha value is -1.96.